The van der Waals surface area contributed by atoms with E-state index in [9.17, 15) is 13.6 Å². The maximum atomic E-state index is 14.0. The summed E-state index contributed by atoms with van der Waals surface area (Å²) in [7, 11) is 0. The number of amides is 1. The van der Waals surface area contributed by atoms with Crippen molar-refractivity contribution in [2.24, 2.45) is 0 Å². The number of piperazine rings is 1. The third kappa shape index (κ3) is 4.16. The van der Waals surface area contributed by atoms with Crippen LogP contribution in [0.5, 0.6) is 0 Å². The Hall–Kier alpha value is -3.67. The highest BCUT2D eigenvalue weighted by Crippen LogP contribution is 2.28. The zero-order chi connectivity index (χ0) is 23.7. The van der Waals surface area contributed by atoms with Crippen LogP contribution in [0.4, 0.5) is 20.7 Å². The van der Waals surface area contributed by atoms with Crippen LogP contribution in [0.15, 0.2) is 36.9 Å². The van der Waals surface area contributed by atoms with Crippen molar-refractivity contribution in [3.63, 3.8) is 0 Å². The average molecular weight is 470 g/mol. The molecule has 2 aromatic heterocycles. The summed E-state index contributed by atoms with van der Waals surface area (Å²) >= 11 is 0. The molecule has 10 nitrogen and oxygen atoms in total. The van der Waals surface area contributed by atoms with Gasteiger partial charge in [0.25, 0.3) is 6.43 Å². The summed E-state index contributed by atoms with van der Waals surface area (Å²) in [6.07, 6.45) is -1.52. The number of aromatic nitrogens is 5. The van der Waals surface area contributed by atoms with Gasteiger partial charge in [0.15, 0.2) is 5.82 Å². The molecule has 5 rings (SSSR count). The van der Waals surface area contributed by atoms with Crippen molar-refractivity contribution in [3.05, 3.63) is 42.7 Å². The number of carbonyl (C=O) groups is 1. The molecule has 0 unspecified atom stereocenters. The largest absolute Gasteiger partial charge is 0.378 e. The lowest BCUT2D eigenvalue weighted by Gasteiger charge is -2.35. The number of ether oxygens (including phenoxy) is 1. The first-order valence-corrected chi connectivity index (χ1v) is 11.1. The number of benzene rings is 1. The molecule has 2 fully saturated rings. The Kier molecular flexibility index (Phi) is 6.05. The monoisotopic (exact) mass is 470 g/mol. The second kappa shape index (κ2) is 9.29. The number of hydrogen-bond donors (Lipinski definition) is 0. The SMILES string of the molecule is C=CC(=O)N1CCN(c2nc(N3CCOCC3)nc(-n3c(C(F)F)nc4ccccc43)n2)CC1. The average Bonchev–Trinajstić information content (AvgIpc) is 3.29. The second-order valence-electron chi connectivity index (χ2n) is 7.95. The molecule has 0 spiro atoms. The number of nitrogens with zero attached hydrogens (tertiary/aromatic N) is 8. The zero-order valence-electron chi connectivity index (χ0n) is 18.5. The van der Waals surface area contributed by atoms with Gasteiger partial charge in [-0.15, -0.1) is 0 Å². The number of morpholine rings is 1. The third-order valence-electron chi connectivity index (χ3n) is 5.92. The van der Waals surface area contributed by atoms with Crippen molar-refractivity contribution in [3.8, 4) is 5.95 Å². The fourth-order valence-corrected chi connectivity index (χ4v) is 4.15. The van der Waals surface area contributed by atoms with Gasteiger partial charge < -0.3 is 19.4 Å². The summed E-state index contributed by atoms with van der Waals surface area (Å²) in [5.41, 5.74) is 0.925. The molecule has 0 N–H and O–H groups in total. The Morgan fingerprint density at radius 3 is 2.18 bits per heavy atom. The molecular weight excluding hydrogens is 446 g/mol. The molecule has 2 saturated heterocycles. The molecule has 1 amide bonds. The number of carbonyl (C=O) groups excluding carboxylic acids is 1. The Morgan fingerprint density at radius 2 is 1.53 bits per heavy atom. The molecule has 3 aromatic rings. The van der Waals surface area contributed by atoms with Crippen LogP contribution in [-0.2, 0) is 9.53 Å². The van der Waals surface area contributed by atoms with E-state index in [-0.39, 0.29) is 11.9 Å². The predicted octanol–water partition coefficient (Wildman–Crippen LogP) is 1.82. The number of alkyl halides is 2. The van der Waals surface area contributed by atoms with E-state index in [4.69, 9.17) is 4.74 Å². The number of anilines is 2. The highest BCUT2D eigenvalue weighted by Gasteiger charge is 2.27. The van der Waals surface area contributed by atoms with Crippen LogP contribution in [-0.4, -0.2) is 87.8 Å². The second-order valence-corrected chi connectivity index (χ2v) is 7.95. The Morgan fingerprint density at radius 1 is 0.912 bits per heavy atom. The number of rotatable bonds is 5. The minimum Gasteiger partial charge on any atom is -0.378 e. The fraction of sp³-hybridized carbons (Fsp3) is 0.409. The summed E-state index contributed by atoms with van der Waals surface area (Å²) < 4.78 is 34.7. The Bertz CT molecular complexity index is 1200. The number of hydrogen-bond acceptors (Lipinski definition) is 8. The highest BCUT2D eigenvalue weighted by molar-refractivity contribution is 5.87. The van der Waals surface area contributed by atoms with E-state index < -0.39 is 12.2 Å². The topological polar surface area (TPSA) is 92.5 Å². The van der Waals surface area contributed by atoms with Gasteiger partial charge in [0.1, 0.15) is 0 Å². The van der Waals surface area contributed by atoms with Gasteiger partial charge >= 0.3 is 0 Å². The maximum absolute atomic E-state index is 14.0. The summed E-state index contributed by atoms with van der Waals surface area (Å²) in [5.74, 6) is 0.297. The first-order valence-electron chi connectivity index (χ1n) is 11.1. The summed E-state index contributed by atoms with van der Waals surface area (Å²) in [5, 5.41) is 0. The smallest absolute Gasteiger partial charge is 0.296 e. The van der Waals surface area contributed by atoms with Gasteiger partial charge in [-0.3, -0.25) is 9.36 Å². The van der Waals surface area contributed by atoms with Gasteiger partial charge in [-0.1, -0.05) is 18.7 Å². The van der Waals surface area contributed by atoms with Gasteiger partial charge in [0, 0.05) is 39.3 Å². The van der Waals surface area contributed by atoms with Crippen LogP contribution in [0.2, 0.25) is 0 Å². The summed E-state index contributed by atoms with van der Waals surface area (Å²) in [6, 6.07) is 6.90. The van der Waals surface area contributed by atoms with Crippen molar-refractivity contribution >= 4 is 28.8 Å². The quantitative estimate of drug-likeness (QED) is 0.522. The van der Waals surface area contributed by atoms with E-state index in [0.29, 0.717) is 75.4 Å². The van der Waals surface area contributed by atoms with E-state index >= 15 is 0 Å². The summed E-state index contributed by atoms with van der Waals surface area (Å²) in [4.78, 5) is 35.5. The molecule has 2 aliphatic heterocycles. The molecule has 34 heavy (non-hydrogen) atoms. The van der Waals surface area contributed by atoms with E-state index in [1.165, 1.54) is 10.6 Å². The molecule has 0 bridgehead atoms. The Balaban J connectivity index is 1.58. The molecule has 0 atom stereocenters. The van der Waals surface area contributed by atoms with Crippen LogP contribution in [0.1, 0.15) is 12.2 Å². The lowest BCUT2D eigenvalue weighted by atomic mass is 10.3. The standard InChI is InChI=1S/C22H24F2N8O2/c1-2-17(33)29-7-9-30(10-8-29)20-26-21(31-11-13-34-14-12-31)28-22(27-20)32-16-6-4-3-5-15(16)25-19(32)18(23)24/h2-6,18H,1,7-14H2. The molecular formula is C22H24F2N8O2. The number of halogens is 2. The van der Waals surface area contributed by atoms with Crippen molar-refractivity contribution < 1.29 is 18.3 Å². The molecule has 0 saturated carbocycles. The molecule has 0 radical (unpaired) electrons. The molecule has 1 aromatic carbocycles. The van der Waals surface area contributed by atoms with Gasteiger partial charge in [0.05, 0.1) is 24.2 Å². The van der Waals surface area contributed by atoms with E-state index in [1.807, 2.05) is 9.80 Å². The normalized spacial score (nSPS) is 17.0. The highest BCUT2D eigenvalue weighted by atomic mass is 19.3. The molecule has 4 heterocycles. The molecule has 0 aliphatic carbocycles. The molecule has 178 valence electrons. The van der Waals surface area contributed by atoms with Crippen molar-refractivity contribution in [2.45, 2.75) is 6.43 Å². The first-order chi connectivity index (χ1) is 16.5. The van der Waals surface area contributed by atoms with Crippen molar-refractivity contribution in [2.75, 3.05) is 62.3 Å². The summed E-state index contributed by atoms with van der Waals surface area (Å²) in [6.45, 7) is 7.70. The van der Waals surface area contributed by atoms with Crippen LogP contribution in [0, 0.1) is 0 Å². The molecule has 2 aliphatic rings. The van der Waals surface area contributed by atoms with Gasteiger partial charge in [-0.05, 0) is 18.2 Å². The molecule has 12 heteroatoms. The van der Waals surface area contributed by atoms with Crippen molar-refractivity contribution in [1.82, 2.24) is 29.4 Å². The fourth-order valence-electron chi connectivity index (χ4n) is 4.15. The van der Waals surface area contributed by atoms with Crippen LogP contribution >= 0.6 is 0 Å². The minimum absolute atomic E-state index is 0.0834. The lowest BCUT2D eigenvalue weighted by molar-refractivity contribution is -0.126. The van der Waals surface area contributed by atoms with Crippen LogP contribution in [0.25, 0.3) is 17.0 Å². The van der Waals surface area contributed by atoms with Gasteiger partial charge in [-0.25, -0.2) is 13.8 Å². The predicted molar refractivity (Wildman–Crippen MR) is 121 cm³/mol. The lowest BCUT2D eigenvalue weighted by Crippen LogP contribution is -2.49. The first kappa shape index (κ1) is 22.1. The van der Waals surface area contributed by atoms with Crippen LogP contribution in [0.3, 0.4) is 0 Å². The van der Waals surface area contributed by atoms with Gasteiger partial charge in [-0.2, -0.15) is 15.0 Å². The van der Waals surface area contributed by atoms with E-state index in [2.05, 4.69) is 26.5 Å². The van der Waals surface area contributed by atoms with Crippen LogP contribution < -0.4 is 9.80 Å². The minimum atomic E-state index is -2.81. The number of imidazole rings is 1. The maximum Gasteiger partial charge on any atom is 0.296 e. The number of fused-ring (bicyclic) bond motifs is 1. The number of para-hydroxylation sites is 2. The zero-order valence-corrected chi connectivity index (χ0v) is 18.5. The van der Waals surface area contributed by atoms with Gasteiger partial charge in [0.2, 0.25) is 23.8 Å². The van der Waals surface area contributed by atoms with Crippen molar-refractivity contribution in [1.29, 1.82) is 0 Å². The third-order valence-corrected chi connectivity index (χ3v) is 5.92. The Labute approximate surface area is 194 Å². The van der Waals surface area contributed by atoms with E-state index in [1.54, 1.807) is 29.2 Å². The van der Waals surface area contributed by atoms with E-state index in [0.717, 1.165) is 0 Å².